The predicted molar refractivity (Wildman–Crippen MR) is 100 cm³/mol. The molecule has 0 heterocycles. The first-order valence-corrected chi connectivity index (χ1v) is 12.4. The molecule has 0 aliphatic heterocycles. The third-order valence-electron chi connectivity index (χ3n) is 2.85. The SMILES string of the molecule is CCC(CO)(CO)CO.CCS(=O)(=O)O.CCS(=O)(=O)O.CCS(=O)(=O)O. The molecule has 12 nitrogen and oxygen atoms in total. The second kappa shape index (κ2) is 16.6. The standard InChI is InChI=1S/C6H14O3.3C2H6O3S/c1-2-6(3-7,4-8)5-9;3*1-2-6(3,4)5/h7-9H,2-5H2,1H3;3*2H2,1H3,(H,3,4,5). The molecule has 0 atom stereocenters. The maximum absolute atomic E-state index is 9.56. The average molecular weight is 465 g/mol. The van der Waals surface area contributed by atoms with Gasteiger partial charge in [0.1, 0.15) is 0 Å². The van der Waals surface area contributed by atoms with Crippen LogP contribution in [0, 0.1) is 5.41 Å². The molecule has 0 fully saturated rings. The molecule has 6 N–H and O–H groups in total. The molecule has 0 aromatic rings. The van der Waals surface area contributed by atoms with E-state index in [2.05, 4.69) is 0 Å². The number of hydrogen-bond acceptors (Lipinski definition) is 9. The minimum Gasteiger partial charge on any atom is -0.396 e. The fraction of sp³-hybridized carbons (Fsp3) is 1.00. The molecule has 0 aliphatic rings. The summed E-state index contributed by atoms with van der Waals surface area (Å²) in [7, 11) is -11.0. The van der Waals surface area contributed by atoms with Crippen molar-refractivity contribution in [2.24, 2.45) is 5.41 Å². The van der Waals surface area contributed by atoms with Gasteiger partial charge in [0.05, 0.1) is 37.1 Å². The Kier molecular flexibility index (Phi) is 20.9. The van der Waals surface area contributed by atoms with Crippen molar-refractivity contribution < 1.29 is 54.2 Å². The minimum absolute atomic E-state index is 0.156. The van der Waals surface area contributed by atoms with Crippen molar-refractivity contribution >= 4 is 30.4 Å². The van der Waals surface area contributed by atoms with Crippen LogP contribution in [0.1, 0.15) is 34.1 Å². The van der Waals surface area contributed by atoms with Crippen molar-refractivity contribution in [2.45, 2.75) is 34.1 Å². The van der Waals surface area contributed by atoms with Crippen molar-refractivity contribution in [2.75, 3.05) is 37.1 Å². The molecule has 0 aromatic heterocycles. The van der Waals surface area contributed by atoms with Crippen LogP contribution in [0.5, 0.6) is 0 Å². The first kappa shape index (κ1) is 34.1. The Labute approximate surface area is 161 Å². The summed E-state index contributed by atoms with van der Waals surface area (Å²) in [5, 5.41) is 26.0. The highest BCUT2D eigenvalue weighted by molar-refractivity contribution is 7.86. The van der Waals surface area contributed by atoms with E-state index >= 15 is 0 Å². The van der Waals surface area contributed by atoms with E-state index in [9.17, 15) is 25.3 Å². The van der Waals surface area contributed by atoms with E-state index in [1.54, 1.807) is 0 Å². The van der Waals surface area contributed by atoms with E-state index < -0.39 is 35.8 Å². The molecule has 0 amide bonds. The predicted octanol–water partition coefficient (Wildman–Crippen LogP) is -0.958. The van der Waals surface area contributed by atoms with E-state index in [0.717, 1.165) is 0 Å². The Morgan fingerprint density at radius 3 is 0.704 bits per heavy atom. The monoisotopic (exact) mass is 464 g/mol. The van der Waals surface area contributed by atoms with Gasteiger partial charge in [-0.2, -0.15) is 25.3 Å². The van der Waals surface area contributed by atoms with Crippen molar-refractivity contribution in [3.05, 3.63) is 0 Å². The molecular formula is C12H32O12S3. The minimum atomic E-state index is -3.66. The first-order valence-electron chi connectivity index (χ1n) is 7.61. The van der Waals surface area contributed by atoms with Gasteiger partial charge in [0.15, 0.2) is 0 Å². The largest absolute Gasteiger partial charge is 0.396 e. The van der Waals surface area contributed by atoms with Crippen LogP contribution in [-0.4, -0.2) is 91.3 Å². The van der Waals surface area contributed by atoms with Crippen LogP contribution in [0.15, 0.2) is 0 Å². The molecule has 27 heavy (non-hydrogen) atoms. The Bertz CT molecular complexity index is 540. The quantitative estimate of drug-likeness (QED) is 0.251. The second-order valence-corrected chi connectivity index (χ2v) is 10.2. The Morgan fingerprint density at radius 2 is 0.704 bits per heavy atom. The summed E-state index contributed by atoms with van der Waals surface area (Å²) in [4.78, 5) is 0. The Balaban J connectivity index is -0.000000133. The highest BCUT2D eigenvalue weighted by atomic mass is 32.2. The second-order valence-electron chi connectivity index (χ2n) is 4.94. The zero-order valence-electron chi connectivity index (χ0n) is 15.8. The molecule has 0 saturated carbocycles. The third kappa shape index (κ3) is 33.6. The summed E-state index contributed by atoms with van der Waals surface area (Å²) in [5.74, 6) is -0.604. The van der Waals surface area contributed by atoms with Crippen LogP contribution in [0.25, 0.3) is 0 Å². The van der Waals surface area contributed by atoms with Crippen molar-refractivity contribution in [3.63, 3.8) is 0 Å². The lowest BCUT2D eigenvalue weighted by molar-refractivity contribution is 0.00304. The summed E-state index contributed by atoms with van der Waals surface area (Å²) < 4.78 is 80.7. The number of rotatable bonds is 7. The molecule has 0 radical (unpaired) electrons. The van der Waals surface area contributed by atoms with Crippen molar-refractivity contribution in [1.82, 2.24) is 0 Å². The van der Waals surface area contributed by atoms with Gasteiger partial charge < -0.3 is 15.3 Å². The maximum Gasteiger partial charge on any atom is 0.264 e. The van der Waals surface area contributed by atoms with Crippen LogP contribution in [0.3, 0.4) is 0 Å². The molecule has 0 aliphatic carbocycles. The zero-order chi connectivity index (χ0) is 22.9. The lowest BCUT2D eigenvalue weighted by Gasteiger charge is -2.24. The molecule has 170 valence electrons. The fourth-order valence-electron chi connectivity index (χ4n) is 0.485. The molecule has 0 saturated heterocycles. The third-order valence-corrected chi connectivity index (χ3v) is 5.04. The summed E-state index contributed by atoms with van der Waals surface area (Å²) in [6.45, 7) is 5.46. The van der Waals surface area contributed by atoms with E-state index in [0.29, 0.717) is 6.42 Å². The molecule has 15 heteroatoms. The van der Waals surface area contributed by atoms with Gasteiger partial charge in [-0.3, -0.25) is 13.7 Å². The number of aliphatic hydroxyl groups excluding tert-OH is 3. The van der Waals surface area contributed by atoms with Crippen molar-refractivity contribution in [3.8, 4) is 0 Å². The van der Waals surface area contributed by atoms with Gasteiger partial charge in [0, 0.05) is 5.41 Å². The highest BCUT2D eigenvalue weighted by Crippen LogP contribution is 2.18. The Hall–Kier alpha value is -0.390. The van der Waals surface area contributed by atoms with E-state index in [1.807, 2.05) is 6.92 Å². The van der Waals surface area contributed by atoms with Gasteiger partial charge in [-0.05, 0) is 27.2 Å². The average Bonchev–Trinajstić information content (AvgIpc) is 2.57. The number of aliphatic hydroxyl groups is 3. The van der Waals surface area contributed by atoms with E-state index in [1.165, 1.54) is 20.8 Å². The molecule has 0 spiro atoms. The van der Waals surface area contributed by atoms with Crippen LogP contribution in [0.4, 0.5) is 0 Å². The highest BCUT2D eigenvalue weighted by Gasteiger charge is 2.24. The summed E-state index contributed by atoms with van der Waals surface area (Å²) in [6, 6.07) is 0. The molecule has 0 rings (SSSR count). The van der Waals surface area contributed by atoms with Gasteiger partial charge in [-0.15, -0.1) is 0 Å². The lowest BCUT2D eigenvalue weighted by Crippen LogP contribution is -2.32. The van der Waals surface area contributed by atoms with Gasteiger partial charge in [-0.1, -0.05) is 6.92 Å². The van der Waals surface area contributed by atoms with Crippen molar-refractivity contribution in [1.29, 1.82) is 0 Å². The van der Waals surface area contributed by atoms with E-state index in [-0.39, 0.29) is 37.1 Å². The zero-order valence-corrected chi connectivity index (χ0v) is 18.3. The topological polar surface area (TPSA) is 224 Å². The van der Waals surface area contributed by atoms with Gasteiger partial charge in [0.25, 0.3) is 30.4 Å². The van der Waals surface area contributed by atoms with Crippen LogP contribution in [0.2, 0.25) is 0 Å². The normalized spacial score (nSPS) is 11.8. The molecule has 0 aromatic carbocycles. The summed E-state index contributed by atoms with van der Waals surface area (Å²) in [5.41, 5.74) is -0.667. The van der Waals surface area contributed by atoms with Crippen LogP contribution < -0.4 is 0 Å². The fourth-order valence-corrected chi connectivity index (χ4v) is 0.485. The van der Waals surface area contributed by atoms with E-state index in [4.69, 9.17) is 29.0 Å². The molecule has 0 unspecified atom stereocenters. The molecule has 0 bridgehead atoms. The van der Waals surface area contributed by atoms with Gasteiger partial charge in [-0.25, -0.2) is 0 Å². The van der Waals surface area contributed by atoms with Gasteiger partial charge >= 0.3 is 0 Å². The number of hydrogen-bond donors (Lipinski definition) is 6. The lowest BCUT2D eigenvalue weighted by atomic mass is 9.88. The van der Waals surface area contributed by atoms with Crippen LogP contribution in [-0.2, 0) is 30.4 Å². The molecular weight excluding hydrogens is 432 g/mol. The van der Waals surface area contributed by atoms with Gasteiger partial charge in [0.2, 0.25) is 0 Å². The Morgan fingerprint density at radius 1 is 0.556 bits per heavy atom. The summed E-state index contributed by atoms with van der Waals surface area (Å²) in [6.07, 6.45) is 0.594. The smallest absolute Gasteiger partial charge is 0.264 e. The first-order chi connectivity index (χ1) is 11.9. The summed E-state index contributed by atoms with van der Waals surface area (Å²) >= 11 is 0. The maximum atomic E-state index is 9.56. The van der Waals surface area contributed by atoms with Crippen LogP contribution >= 0.6 is 0 Å².